The highest BCUT2D eigenvalue weighted by Crippen LogP contribution is 2.33. The molecule has 0 radical (unpaired) electrons. The number of fused-ring (bicyclic) bond motifs is 1. The highest BCUT2D eigenvalue weighted by molar-refractivity contribution is 7.03. The van der Waals surface area contributed by atoms with Crippen LogP contribution < -0.4 is 0 Å². The van der Waals surface area contributed by atoms with Gasteiger partial charge in [0.15, 0.2) is 0 Å². The van der Waals surface area contributed by atoms with E-state index in [-0.39, 0.29) is 6.04 Å². The van der Waals surface area contributed by atoms with Gasteiger partial charge in [0.25, 0.3) is 0 Å². The molecule has 0 bridgehead atoms. The molecule has 4 heterocycles. The minimum absolute atomic E-state index is 0.277. The minimum atomic E-state index is 0.277. The summed E-state index contributed by atoms with van der Waals surface area (Å²) in [6, 6.07) is 10.7. The van der Waals surface area contributed by atoms with E-state index >= 15 is 0 Å². The Morgan fingerprint density at radius 1 is 1.12 bits per heavy atom. The van der Waals surface area contributed by atoms with Gasteiger partial charge < -0.3 is 9.30 Å². The van der Waals surface area contributed by atoms with E-state index in [4.69, 9.17) is 4.74 Å². The Morgan fingerprint density at radius 2 is 2.08 bits per heavy atom. The third-order valence-electron chi connectivity index (χ3n) is 5.10. The number of hydrogen-bond donors (Lipinski definition) is 0. The molecule has 0 aliphatic carbocycles. The molecule has 1 aliphatic heterocycles. The Kier molecular flexibility index (Phi) is 3.99. The molecule has 5 nitrogen and oxygen atoms in total. The first kappa shape index (κ1) is 15.7. The van der Waals surface area contributed by atoms with Gasteiger partial charge in [0.05, 0.1) is 31.0 Å². The summed E-state index contributed by atoms with van der Waals surface area (Å²) in [5.41, 5.74) is 3.45. The topological polar surface area (TPSA) is 52.8 Å². The molecule has 4 aromatic rings. The van der Waals surface area contributed by atoms with E-state index in [1.54, 1.807) is 0 Å². The lowest BCUT2D eigenvalue weighted by Gasteiger charge is -2.21. The van der Waals surface area contributed by atoms with Gasteiger partial charge in [-0.15, -0.1) is 0 Å². The Morgan fingerprint density at radius 3 is 3.00 bits per heavy atom. The van der Waals surface area contributed by atoms with Crippen molar-refractivity contribution in [2.75, 3.05) is 13.2 Å². The Labute approximate surface area is 155 Å². The van der Waals surface area contributed by atoms with E-state index in [0.29, 0.717) is 12.5 Å². The molecule has 6 heteroatoms. The van der Waals surface area contributed by atoms with Crippen LogP contribution >= 0.6 is 11.5 Å². The van der Waals surface area contributed by atoms with Crippen molar-refractivity contribution in [3.05, 3.63) is 66.1 Å². The van der Waals surface area contributed by atoms with Crippen LogP contribution in [0.4, 0.5) is 0 Å². The third-order valence-corrected chi connectivity index (χ3v) is 5.69. The van der Waals surface area contributed by atoms with E-state index in [0.717, 1.165) is 29.9 Å². The number of nitrogens with zero attached hydrogens (tertiary/aromatic N) is 4. The van der Waals surface area contributed by atoms with Crippen LogP contribution in [-0.4, -0.2) is 32.1 Å². The minimum Gasteiger partial charge on any atom is -0.379 e. The van der Waals surface area contributed by atoms with E-state index < -0.39 is 0 Å². The van der Waals surface area contributed by atoms with Crippen molar-refractivity contribution < 1.29 is 4.74 Å². The van der Waals surface area contributed by atoms with Crippen LogP contribution in [0, 0.1) is 5.92 Å². The standard InChI is InChI=1S/C20H18N4OS/c1-2-4-18-17(3-1)14(5-6-21-18)9-15-11-25-12-19(15)24-8-7-22-20(24)16-10-23-26-13-16/h1-8,10,13,15,19H,9,11-12H2/t15-,19-/m1/s1. The first-order chi connectivity index (χ1) is 12.9. The summed E-state index contributed by atoms with van der Waals surface area (Å²) in [6.07, 6.45) is 8.67. The van der Waals surface area contributed by atoms with Crippen LogP contribution in [0.1, 0.15) is 11.6 Å². The van der Waals surface area contributed by atoms with E-state index in [9.17, 15) is 0 Å². The van der Waals surface area contributed by atoms with E-state index in [1.807, 2.05) is 30.0 Å². The zero-order valence-corrected chi connectivity index (χ0v) is 15.0. The van der Waals surface area contributed by atoms with Crippen molar-refractivity contribution >= 4 is 22.4 Å². The molecule has 5 rings (SSSR count). The SMILES string of the molecule is c1ccc2c(C[C@@H]3COC[C@H]3n3ccnc3-c3cnsc3)ccnc2c1. The Bertz CT molecular complexity index is 1020. The maximum atomic E-state index is 5.87. The molecular weight excluding hydrogens is 344 g/mol. The number of para-hydroxylation sites is 1. The second-order valence-electron chi connectivity index (χ2n) is 6.63. The van der Waals surface area contributed by atoms with Gasteiger partial charge in [-0.05, 0) is 35.6 Å². The molecule has 0 saturated carbocycles. The molecular formula is C20H18N4OS. The normalized spacial score (nSPS) is 20.0. The maximum Gasteiger partial charge on any atom is 0.142 e. The number of aromatic nitrogens is 4. The van der Waals surface area contributed by atoms with Crippen LogP contribution in [0.3, 0.4) is 0 Å². The fraction of sp³-hybridized carbons (Fsp3) is 0.250. The summed E-state index contributed by atoms with van der Waals surface area (Å²) in [5.74, 6) is 1.37. The molecule has 1 aromatic carbocycles. The summed E-state index contributed by atoms with van der Waals surface area (Å²) in [4.78, 5) is 9.04. The second-order valence-corrected chi connectivity index (χ2v) is 7.28. The highest BCUT2D eigenvalue weighted by Gasteiger charge is 2.31. The quantitative estimate of drug-likeness (QED) is 0.551. The number of pyridine rings is 1. The smallest absolute Gasteiger partial charge is 0.142 e. The lowest BCUT2D eigenvalue weighted by atomic mass is 9.93. The van der Waals surface area contributed by atoms with Crippen LogP contribution in [0.25, 0.3) is 22.3 Å². The molecule has 3 aromatic heterocycles. The average Bonchev–Trinajstić information content (AvgIpc) is 3.42. The fourth-order valence-corrected chi connectivity index (χ4v) is 4.34. The summed E-state index contributed by atoms with van der Waals surface area (Å²) >= 11 is 1.45. The number of imidazole rings is 1. The molecule has 0 spiro atoms. The van der Waals surface area contributed by atoms with Crippen LogP contribution in [-0.2, 0) is 11.2 Å². The van der Waals surface area contributed by atoms with Gasteiger partial charge >= 0.3 is 0 Å². The number of rotatable bonds is 4. The summed E-state index contributed by atoms with van der Waals surface area (Å²) in [7, 11) is 0. The lowest BCUT2D eigenvalue weighted by molar-refractivity contribution is 0.181. The molecule has 1 fully saturated rings. The molecule has 26 heavy (non-hydrogen) atoms. The largest absolute Gasteiger partial charge is 0.379 e. The zero-order chi connectivity index (χ0) is 17.3. The van der Waals surface area contributed by atoms with Gasteiger partial charge in [0.2, 0.25) is 0 Å². The number of ether oxygens (including phenoxy) is 1. The predicted octanol–water partition coefficient (Wildman–Crippen LogP) is 3.99. The average molecular weight is 362 g/mol. The van der Waals surface area contributed by atoms with Gasteiger partial charge in [-0.2, -0.15) is 0 Å². The summed E-state index contributed by atoms with van der Waals surface area (Å²) < 4.78 is 12.3. The Balaban J connectivity index is 1.48. The van der Waals surface area contributed by atoms with Crippen molar-refractivity contribution in [3.63, 3.8) is 0 Å². The summed E-state index contributed by atoms with van der Waals surface area (Å²) in [5, 5.41) is 3.27. The van der Waals surface area contributed by atoms with Crippen LogP contribution in [0.15, 0.2) is 60.5 Å². The van der Waals surface area contributed by atoms with Crippen LogP contribution in [0.5, 0.6) is 0 Å². The third kappa shape index (κ3) is 2.71. The molecule has 0 unspecified atom stereocenters. The molecule has 0 amide bonds. The van der Waals surface area contributed by atoms with Crippen molar-refractivity contribution in [1.29, 1.82) is 0 Å². The first-order valence-electron chi connectivity index (χ1n) is 8.73. The Hall–Kier alpha value is -2.57. The highest BCUT2D eigenvalue weighted by atomic mass is 32.1. The van der Waals surface area contributed by atoms with Crippen molar-refractivity contribution in [1.82, 2.24) is 18.9 Å². The van der Waals surface area contributed by atoms with Gasteiger partial charge in [-0.3, -0.25) is 4.98 Å². The molecule has 1 saturated heterocycles. The van der Waals surface area contributed by atoms with Crippen molar-refractivity contribution in [3.8, 4) is 11.4 Å². The maximum absolute atomic E-state index is 5.87. The van der Waals surface area contributed by atoms with Crippen molar-refractivity contribution in [2.24, 2.45) is 5.92 Å². The van der Waals surface area contributed by atoms with Gasteiger partial charge in [0, 0.05) is 40.8 Å². The van der Waals surface area contributed by atoms with Crippen LogP contribution in [0.2, 0.25) is 0 Å². The van der Waals surface area contributed by atoms with Gasteiger partial charge in [-0.1, -0.05) is 18.2 Å². The number of benzene rings is 1. The molecule has 130 valence electrons. The van der Waals surface area contributed by atoms with E-state index in [2.05, 4.69) is 49.4 Å². The fourth-order valence-electron chi connectivity index (χ4n) is 3.82. The second kappa shape index (κ2) is 6.63. The first-order valence-corrected chi connectivity index (χ1v) is 9.57. The predicted molar refractivity (Wildman–Crippen MR) is 102 cm³/mol. The molecule has 2 atom stereocenters. The zero-order valence-electron chi connectivity index (χ0n) is 14.2. The summed E-state index contributed by atoms with van der Waals surface area (Å²) in [6.45, 7) is 1.48. The van der Waals surface area contributed by atoms with E-state index in [1.165, 1.54) is 22.5 Å². The van der Waals surface area contributed by atoms with Crippen molar-refractivity contribution in [2.45, 2.75) is 12.5 Å². The molecule has 0 N–H and O–H groups in total. The van der Waals surface area contributed by atoms with Gasteiger partial charge in [-0.25, -0.2) is 9.36 Å². The lowest BCUT2D eigenvalue weighted by Crippen LogP contribution is -2.20. The monoisotopic (exact) mass is 362 g/mol. The number of hydrogen-bond acceptors (Lipinski definition) is 5. The molecule has 1 aliphatic rings. The van der Waals surface area contributed by atoms with Gasteiger partial charge in [0.1, 0.15) is 5.82 Å².